The van der Waals surface area contributed by atoms with E-state index in [1.807, 2.05) is 0 Å². The average Bonchev–Trinajstić information content (AvgIpc) is 2.03. The van der Waals surface area contributed by atoms with Crippen LogP contribution in [0.1, 0.15) is 47.5 Å². The molecule has 0 aromatic heterocycles. The number of nitrogens with zero attached hydrogens (tertiary/aromatic N) is 1. The summed E-state index contributed by atoms with van der Waals surface area (Å²) in [6, 6.07) is 0. The molecule has 0 saturated heterocycles. The molecule has 0 aliphatic heterocycles. The van der Waals surface area contributed by atoms with E-state index in [4.69, 9.17) is 0 Å². The summed E-state index contributed by atoms with van der Waals surface area (Å²) in [5.41, 5.74) is 3.85. The molecule has 0 aliphatic rings. The second-order valence-electron chi connectivity index (χ2n) is 4.83. The van der Waals surface area contributed by atoms with Gasteiger partial charge < -0.3 is 0 Å². The highest BCUT2D eigenvalue weighted by Crippen LogP contribution is 2.10. The third-order valence-corrected chi connectivity index (χ3v) is 2.00. The second kappa shape index (κ2) is 6.39. The SMILES string of the molecule is CCCCN(CC)NCC(C)(C)C. The molecule has 0 saturated carbocycles. The standard InChI is InChI=1S/C11H26N2/c1-6-8-9-13(7-2)12-10-11(3,4)5/h12H,6-10H2,1-5H3. The zero-order chi connectivity index (χ0) is 10.3. The maximum absolute atomic E-state index is 3.48. The first-order valence-electron chi connectivity index (χ1n) is 5.48. The van der Waals surface area contributed by atoms with Gasteiger partial charge in [-0.3, -0.25) is 5.43 Å². The van der Waals surface area contributed by atoms with Gasteiger partial charge in [0.2, 0.25) is 0 Å². The van der Waals surface area contributed by atoms with E-state index in [2.05, 4.69) is 45.1 Å². The maximum atomic E-state index is 3.48. The molecule has 0 atom stereocenters. The van der Waals surface area contributed by atoms with E-state index < -0.39 is 0 Å². The molecule has 80 valence electrons. The van der Waals surface area contributed by atoms with E-state index in [1.54, 1.807) is 0 Å². The van der Waals surface area contributed by atoms with Gasteiger partial charge in [0.15, 0.2) is 0 Å². The molecule has 0 rings (SSSR count). The highest BCUT2D eigenvalue weighted by Gasteiger charge is 2.11. The Bertz CT molecular complexity index is 116. The molecule has 0 unspecified atom stereocenters. The summed E-state index contributed by atoms with van der Waals surface area (Å²) < 4.78 is 0. The van der Waals surface area contributed by atoms with Crippen molar-refractivity contribution in [2.45, 2.75) is 47.5 Å². The average molecular weight is 186 g/mol. The van der Waals surface area contributed by atoms with E-state index in [1.165, 1.54) is 19.4 Å². The zero-order valence-corrected chi connectivity index (χ0v) is 9.98. The van der Waals surface area contributed by atoms with Gasteiger partial charge in [-0.2, -0.15) is 0 Å². The molecule has 0 aromatic rings. The Morgan fingerprint density at radius 3 is 2.15 bits per heavy atom. The Labute approximate surface area is 83.7 Å². The molecular formula is C11H26N2. The van der Waals surface area contributed by atoms with Gasteiger partial charge in [-0.25, -0.2) is 5.01 Å². The number of unbranched alkanes of at least 4 members (excludes halogenated alkanes) is 1. The highest BCUT2D eigenvalue weighted by molar-refractivity contribution is 4.64. The van der Waals surface area contributed by atoms with Crippen LogP contribution in [0.15, 0.2) is 0 Å². The molecule has 0 aromatic carbocycles. The van der Waals surface area contributed by atoms with Crippen molar-refractivity contribution < 1.29 is 0 Å². The first-order chi connectivity index (χ1) is 5.99. The molecule has 0 amide bonds. The Morgan fingerprint density at radius 2 is 1.77 bits per heavy atom. The quantitative estimate of drug-likeness (QED) is 0.642. The smallest absolute Gasteiger partial charge is 0.0151 e. The lowest BCUT2D eigenvalue weighted by molar-refractivity contribution is 0.163. The second-order valence-corrected chi connectivity index (χ2v) is 4.83. The maximum Gasteiger partial charge on any atom is 0.0151 e. The molecule has 0 aliphatic carbocycles. The van der Waals surface area contributed by atoms with Crippen molar-refractivity contribution in [3.8, 4) is 0 Å². The molecule has 0 heterocycles. The lowest BCUT2D eigenvalue weighted by atomic mass is 9.97. The fourth-order valence-electron chi connectivity index (χ4n) is 1.05. The molecule has 0 spiro atoms. The molecule has 2 heteroatoms. The third-order valence-electron chi connectivity index (χ3n) is 2.00. The van der Waals surface area contributed by atoms with Crippen LogP contribution in [-0.4, -0.2) is 24.6 Å². The van der Waals surface area contributed by atoms with Gasteiger partial charge >= 0.3 is 0 Å². The van der Waals surface area contributed by atoms with Crippen LogP contribution in [0.3, 0.4) is 0 Å². The van der Waals surface area contributed by atoms with Crippen molar-refractivity contribution >= 4 is 0 Å². The molecule has 1 N–H and O–H groups in total. The minimum atomic E-state index is 0.375. The van der Waals surface area contributed by atoms with Gasteiger partial charge in [0.25, 0.3) is 0 Å². The summed E-state index contributed by atoms with van der Waals surface area (Å²) in [4.78, 5) is 0. The summed E-state index contributed by atoms with van der Waals surface area (Å²) >= 11 is 0. The van der Waals surface area contributed by atoms with Crippen LogP contribution in [-0.2, 0) is 0 Å². The lowest BCUT2D eigenvalue weighted by Gasteiger charge is -2.26. The largest absolute Gasteiger partial charge is 0.255 e. The predicted octanol–water partition coefficient (Wildman–Crippen LogP) is 2.66. The van der Waals surface area contributed by atoms with Crippen LogP contribution in [0.5, 0.6) is 0 Å². The number of rotatable bonds is 6. The van der Waals surface area contributed by atoms with Crippen LogP contribution in [0.25, 0.3) is 0 Å². The van der Waals surface area contributed by atoms with Gasteiger partial charge in [0.05, 0.1) is 0 Å². The first-order valence-corrected chi connectivity index (χ1v) is 5.48. The van der Waals surface area contributed by atoms with Crippen molar-refractivity contribution in [2.24, 2.45) is 5.41 Å². The molecule has 0 radical (unpaired) electrons. The Kier molecular flexibility index (Phi) is 6.35. The monoisotopic (exact) mass is 186 g/mol. The fraction of sp³-hybridized carbons (Fsp3) is 1.00. The Morgan fingerprint density at radius 1 is 1.15 bits per heavy atom. The van der Waals surface area contributed by atoms with Crippen molar-refractivity contribution in [2.75, 3.05) is 19.6 Å². The topological polar surface area (TPSA) is 15.3 Å². The lowest BCUT2D eigenvalue weighted by Crippen LogP contribution is -2.42. The molecule has 0 fully saturated rings. The fourth-order valence-corrected chi connectivity index (χ4v) is 1.05. The first kappa shape index (κ1) is 12.9. The zero-order valence-electron chi connectivity index (χ0n) is 9.98. The van der Waals surface area contributed by atoms with E-state index >= 15 is 0 Å². The van der Waals surface area contributed by atoms with Gasteiger partial charge in [-0.1, -0.05) is 41.0 Å². The van der Waals surface area contributed by atoms with Crippen molar-refractivity contribution in [3.05, 3.63) is 0 Å². The van der Waals surface area contributed by atoms with Crippen LogP contribution >= 0.6 is 0 Å². The minimum Gasteiger partial charge on any atom is -0.255 e. The minimum absolute atomic E-state index is 0.375. The van der Waals surface area contributed by atoms with Crippen LogP contribution in [0.4, 0.5) is 0 Å². The van der Waals surface area contributed by atoms with Crippen LogP contribution in [0.2, 0.25) is 0 Å². The number of hydrogen-bond acceptors (Lipinski definition) is 2. The Balaban J connectivity index is 3.59. The normalized spacial score (nSPS) is 12.5. The summed E-state index contributed by atoms with van der Waals surface area (Å²) in [5.74, 6) is 0. The van der Waals surface area contributed by atoms with Gasteiger partial charge in [-0.15, -0.1) is 0 Å². The van der Waals surface area contributed by atoms with Gasteiger partial charge in [0.1, 0.15) is 0 Å². The van der Waals surface area contributed by atoms with Crippen molar-refractivity contribution in [3.63, 3.8) is 0 Å². The van der Waals surface area contributed by atoms with E-state index in [-0.39, 0.29) is 0 Å². The third kappa shape index (κ3) is 8.26. The van der Waals surface area contributed by atoms with Crippen LogP contribution in [0, 0.1) is 5.41 Å². The molecule has 2 nitrogen and oxygen atoms in total. The Hall–Kier alpha value is -0.0800. The summed E-state index contributed by atoms with van der Waals surface area (Å²) in [5, 5.41) is 2.31. The van der Waals surface area contributed by atoms with E-state index in [0.29, 0.717) is 5.41 Å². The molecule has 0 bridgehead atoms. The predicted molar refractivity (Wildman–Crippen MR) is 59.6 cm³/mol. The number of hydrazine groups is 1. The number of nitrogens with one attached hydrogen (secondary N) is 1. The van der Waals surface area contributed by atoms with Gasteiger partial charge in [0, 0.05) is 19.6 Å². The van der Waals surface area contributed by atoms with E-state index in [9.17, 15) is 0 Å². The summed E-state index contributed by atoms with van der Waals surface area (Å²) in [7, 11) is 0. The molecular weight excluding hydrogens is 160 g/mol. The number of hydrogen-bond donors (Lipinski definition) is 1. The molecule has 13 heavy (non-hydrogen) atoms. The highest BCUT2D eigenvalue weighted by atomic mass is 15.5. The van der Waals surface area contributed by atoms with Crippen LogP contribution < -0.4 is 5.43 Å². The summed E-state index contributed by atoms with van der Waals surface area (Å²) in [6.07, 6.45) is 2.55. The van der Waals surface area contributed by atoms with Crippen molar-refractivity contribution in [1.29, 1.82) is 0 Å². The summed E-state index contributed by atoms with van der Waals surface area (Å²) in [6.45, 7) is 14.5. The van der Waals surface area contributed by atoms with Gasteiger partial charge in [-0.05, 0) is 11.8 Å². The van der Waals surface area contributed by atoms with E-state index in [0.717, 1.165) is 13.1 Å². The van der Waals surface area contributed by atoms with Crippen molar-refractivity contribution in [1.82, 2.24) is 10.4 Å².